The average Bonchev–Trinajstić information content (AvgIpc) is 3.15. The van der Waals surface area contributed by atoms with E-state index >= 15 is 0 Å². The monoisotopic (exact) mass is 343 g/mol. The lowest BCUT2D eigenvalue weighted by molar-refractivity contribution is 0.588. The Kier molecular flexibility index (Phi) is 4.59. The summed E-state index contributed by atoms with van der Waals surface area (Å²) in [6.07, 6.45) is 4.95. The van der Waals surface area contributed by atoms with E-state index < -0.39 is 10.0 Å². The van der Waals surface area contributed by atoms with E-state index in [4.69, 9.17) is 0 Å². The van der Waals surface area contributed by atoms with Gasteiger partial charge in [0.05, 0.1) is 5.69 Å². The Balaban J connectivity index is 1.63. The van der Waals surface area contributed by atoms with E-state index in [0.717, 1.165) is 11.3 Å². The number of aromatic nitrogens is 3. The quantitative estimate of drug-likeness (QED) is 0.712. The van der Waals surface area contributed by atoms with Gasteiger partial charge in [0.15, 0.2) is 0 Å². The Hall–Kier alpha value is -2.71. The molecule has 2 heterocycles. The van der Waals surface area contributed by atoms with Crippen molar-refractivity contribution in [1.29, 1.82) is 0 Å². The van der Waals surface area contributed by atoms with Crippen molar-refractivity contribution in [1.82, 2.24) is 19.5 Å². The number of benzene rings is 1. The van der Waals surface area contributed by atoms with Crippen LogP contribution in [0.2, 0.25) is 0 Å². The summed E-state index contributed by atoms with van der Waals surface area (Å²) in [6, 6.07) is 13.0. The van der Waals surface area contributed by atoms with Crippen molar-refractivity contribution in [3.05, 3.63) is 66.6 Å². The SMILES string of the molecule is CNS(=O)(=O)c1ccc(NCc2ccc(-n3cccn3)cc2)nc1. The van der Waals surface area contributed by atoms with Crippen LogP contribution in [0.5, 0.6) is 0 Å². The highest BCUT2D eigenvalue weighted by atomic mass is 32.2. The van der Waals surface area contributed by atoms with Crippen molar-refractivity contribution in [2.45, 2.75) is 11.4 Å². The number of nitrogens with zero attached hydrogens (tertiary/aromatic N) is 3. The molecule has 0 atom stereocenters. The van der Waals surface area contributed by atoms with Crippen LogP contribution in [0.25, 0.3) is 5.69 Å². The summed E-state index contributed by atoms with van der Waals surface area (Å²) in [6.45, 7) is 0.588. The van der Waals surface area contributed by atoms with Crippen molar-refractivity contribution in [2.24, 2.45) is 0 Å². The lowest BCUT2D eigenvalue weighted by Crippen LogP contribution is -2.18. The zero-order valence-electron chi connectivity index (χ0n) is 13.0. The molecule has 7 nitrogen and oxygen atoms in total. The lowest BCUT2D eigenvalue weighted by atomic mass is 10.2. The second-order valence-electron chi connectivity index (χ2n) is 5.06. The van der Waals surface area contributed by atoms with Crippen LogP contribution in [-0.4, -0.2) is 30.2 Å². The second-order valence-corrected chi connectivity index (χ2v) is 6.94. The number of pyridine rings is 1. The summed E-state index contributed by atoms with van der Waals surface area (Å²) in [5, 5.41) is 7.34. The van der Waals surface area contributed by atoms with Crippen molar-refractivity contribution in [2.75, 3.05) is 12.4 Å². The van der Waals surface area contributed by atoms with E-state index in [9.17, 15) is 8.42 Å². The Morgan fingerprint density at radius 2 is 1.92 bits per heavy atom. The summed E-state index contributed by atoms with van der Waals surface area (Å²) >= 11 is 0. The van der Waals surface area contributed by atoms with Gasteiger partial charge in [-0.05, 0) is 42.9 Å². The molecule has 3 rings (SSSR count). The fourth-order valence-corrected chi connectivity index (χ4v) is 2.82. The van der Waals surface area contributed by atoms with E-state index in [1.807, 2.05) is 36.5 Å². The third-order valence-electron chi connectivity index (χ3n) is 3.49. The zero-order valence-corrected chi connectivity index (χ0v) is 13.9. The Morgan fingerprint density at radius 3 is 2.50 bits per heavy atom. The summed E-state index contributed by atoms with van der Waals surface area (Å²) in [5.41, 5.74) is 2.07. The van der Waals surface area contributed by atoms with Gasteiger partial charge in [-0.2, -0.15) is 5.10 Å². The number of sulfonamides is 1. The summed E-state index contributed by atoms with van der Waals surface area (Å²) in [7, 11) is -2.09. The van der Waals surface area contributed by atoms with Crippen LogP contribution in [0.4, 0.5) is 5.82 Å². The van der Waals surface area contributed by atoms with E-state index in [2.05, 4.69) is 20.1 Å². The van der Waals surface area contributed by atoms with Gasteiger partial charge in [0.25, 0.3) is 0 Å². The minimum Gasteiger partial charge on any atom is -0.366 e. The molecule has 0 saturated heterocycles. The van der Waals surface area contributed by atoms with E-state index in [1.165, 1.54) is 19.3 Å². The minimum absolute atomic E-state index is 0.138. The topological polar surface area (TPSA) is 88.9 Å². The zero-order chi connectivity index (χ0) is 17.0. The first-order chi connectivity index (χ1) is 11.6. The van der Waals surface area contributed by atoms with Gasteiger partial charge in [-0.25, -0.2) is 22.8 Å². The molecule has 124 valence electrons. The number of hydrogen-bond acceptors (Lipinski definition) is 5. The molecule has 0 aliphatic heterocycles. The van der Waals surface area contributed by atoms with Crippen molar-refractivity contribution in [3.63, 3.8) is 0 Å². The van der Waals surface area contributed by atoms with Gasteiger partial charge in [0.1, 0.15) is 10.7 Å². The number of rotatable bonds is 6. The standard InChI is InChI=1S/C16H17N5O2S/c1-17-24(22,23)15-7-8-16(19-12-15)18-11-13-3-5-14(6-4-13)21-10-2-9-20-21/h2-10,12,17H,11H2,1H3,(H,18,19). The van der Waals surface area contributed by atoms with Crippen molar-refractivity contribution < 1.29 is 8.42 Å². The van der Waals surface area contributed by atoms with E-state index in [0.29, 0.717) is 12.4 Å². The minimum atomic E-state index is -3.46. The molecule has 0 bridgehead atoms. The highest BCUT2D eigenvalue weighted by Crippen LogP contribution is 2.13. The third kappa shape index (κ3) is 3.61. The molecule has 2 aromatic heterocycles. The van der Waals surface area contributed by atoms with Gasteiger partial charge >= 0.3 is 0 Å². The predicted octanol–water partition coefficient (Wildman–Crippen LogP) is 1.79. The normalized spacial score (nSPS) is 11.4. The lowest BCUT2D eigenvalue weighted by Gasteiger charge is -2.08. The Bertz CT molecular complexity index is 889. The maximum absolute atomic E-state index is 11.6. The Morgan fingerprint density at radius 1 is 1.12 bits per heavy atom. The summed E-state index contributed by atoms with van der Waals surface area (Å²) < 4.78 is 27.3. The average molecular weight is 343 g/mol. The maximum atomic E-state index is 11.6. The van der Waals surface area contributed by atoms with Crippen LogP contribution in [0.3, 0.4) is 0 Å². The first kappa shape index (κ1) is 16.2. The largest absolute Gasteiger partial charge is 0.366 e. The molecule has 0 saturated carbocycles. The number of nitrogens with one attached hydrogen (secondary N) is 2. The van der Waals surface area contributed by atoms with Crippen LogP contribution in [0, 0.1) is 0 Å². The molecule has 8 heteroatoms. The number of anilines is 1. The predicted molar refractivity (Wildman–Crippen MR) is 91.4 cm³/mol. The molecular weight excluding hydrogens is 326 g/mol. The third-order valence-corrected chi connectivity index (χ3v) is 4.89. The first-order valence-electron chi connectivity index (χ1n) is 7.31. The fourth-order valence-electron chi connectivity index (χ4n) is 2.14. The molecule has 0 aliphatic rings. The second kappa shape index (κ2) is 6.81. The van der Waals surface area contributed by atoms with Gasteiger partial charge in [-0.1, -0.05) is 12.1 Å². The van der Waals surface area contributed by atoms with Gasteiger partial charge < -0.3 is 5.32 Å². The highest BCUT2D eigenvalue weighted by Gasteiger charge is 2.11. The molecule has 3 aromatic rings. The van der Waals surface area contributed by atoms with Crippen LogP contribution in [0.1, 0.15) is 5.56 Å². The van der Waals surface area contributed by atoms with Crippen LogP contribution in [0.15, 0.2) is 66.0 Å². The molecule has 0 radical (unpaired) electrons. The highest BCUT2D eigenvalue weighted by molar-refractivity contribution is 7.89. The van der Waals surface area contributed by atoms with Gasteiger partial charge in [0.2, 0.25) is 10.0 Å². The Labute approximate surface area is 140 Å². The molecule has 2 N–H and O–H groups in total. The smallest absolute Gasteiger partial charge is 0.241 e. The van der Waals surface area contributed by atoms with Gasteiger partial charge in [0, 0.05) is 25.1 Å². The molecule has 0 aliphatic carbocycles. The molecular formula is C16H17N5O2S. The fraction of sp³-hybridized carbons (Fsp3) is 0.125. The first-order valence-corrected chi connectivity index (χ1v) is 8.79. The van der Waals surface area contributed by atoms with E-state index in [-0.39, 0.29) is 4.90 Å². The van der Waals surface area contributed by atoms with Crippen LogP contribution < -0.4 is 10.0 Å². The maximum Gasteiger partial charge on any atom is 0.241 e. The van der Waals surface area contributed by atoms with Gasteiger partial charge in [-0.15, -0.1) is 0 Å². The molecule has 0 spiro atoms. The van der Waals surface area contributed by atoms with Crippen LogP contribution in [-0.2, 0) is 16.6 Å². The van der Waals surface area contributed by atoms with Crippen molar-refractivity contribution in [3.8, 4) is 5.69 Å². The molecule has 0 unspecified atom stereocenters. The molecule has 0 amide bonds. The molecule has 0 fully saturated rings. The number of hydrogen-bond donors (Lipinski definition) is 2. The van der Waals surface area contributed by atoms with Crippen molar-refractivity contribution >= 4 is 15.8 Å². The molecule has 24 heavy (non-hydrogen) atoms. The van der Waals surface area contributed by atoms with E-state index in [1.54, 1.807) is 16.9 Å². The summed E-state index contributed by atoms with van der Waals surface area (Å²) in [5.74, 6) is 0.612. The summed E-state index contributed by atoms with van der Waals surface area (Å²) in [4.78, 5) is 4.26. The molecule has 1 aromatic carbocycles. The van der Waals surface area contributed by atoms with Crippen LogP contribution >= 0.6 is 0 Å². The van der Waals surface area contributed by atoms with Gasteiger partial charge in [-0.3, -0.25) is 0 Å².